The van der Waals surface area contributed by atoms with Crippen LogP contribution in [0.2, 0.25) is 0 Å². The molecule has 0 fully saturated rings. The maximum atomic E-state index is 12.3. The molecule has 2 aromatic heterocycles. The van der Waals surface area contributed by atoms with Crippen LogP contribution < -0.4 is 10.7 Å². The maximum Gasteiger partial charge on any atom is 0.287 e. The van der Waals surface area contributed by atoms with Gasteiger partial charge in [-0.2, -0.15) is 4.98 Å². The van der Waals surface area contributed by atoms with Crippen LogP contribution in [0.3, 0.4) is 0 Å². The molecule has 28 heavy (non-hydrogen) atoms. The van der Waals surface area contributed by atoms with Crippen LogP contribution in [0.5, 0.6) is 0 Å². The Hall–Kier alpha value is -3.26. The normalized spacial score (nSPS) is 10.9. The summed E-state index contributed by atoms with van der Waals surface area (Å²) in [6, 6.07) is 15.7. The molecule has 2 heterocycles. The van der Waals surface area contributed by atoms with E-state index in [2.05, 4.69) is 31.4 Å². The summed E-state index contributed by atoms with van der Waals surface area (Å²) in [6.45, 7) is 0.259. The molecule has 0 aliphatic rings. The molecule has 0 aliphatic carbocycles. The fraction of sp³-hybridized carbons (Fsp3) is 0.100. The van der Waals surface area contributed by atoms with E-state index in [1.165, 1.54) is 6.07 Å². The van der Waals surface area contributed by atoms with Crippen molar-refractivity contribution in [2.24, 2.45) is 0 Å². The van der Waals surface area contributed by atoms with Gasteiger partial charge in [0.1, 0.15) is 5.58 Å². The number of halogens is 1. The third-order valence-corrected chi connectivity index (χ3v) is 4.53. The molecule has 0 saturated heterocycles. The predicted octanol–water partition coefficient (Wildman–Crippen LogP) is 3.58. The van der Waals surface area contributed by atoms with Gasteiger partial charge in [-0.1, -0.05) is 51.4 Å². The van der Waals surface area contributed by atoms with Crippen molar-refractivity contribution >= 4 is 32.8 Å². The van der Waals surface area contributed by atoms with E-state index in [9.17, 15) is 9.59 Å². The van der Waals surface area contributed by atoms with E-state index in [1.54, 1.807) is 18.2 Å². The van der Waals surface area contributed by atoms with Crippen molar-refractivity contribution in [3.63, 3.8) is 0 Å². The summed E-state index contributed by atoms with van der Waals surface area (Å²) in [6.07, 6.45) is 0.356. The van der Waals surface area contributed by atoms with Crippen LogP contribution in [0.1, 0.15) is 16.4 Å². The molecule has 140 valence electrons. The highest BCUT2D eigenvalue weighted by Crippen LogP contribution is 2.18. The summed E-state index contributed by atoms with van der Waals surface area (Å²) >= 11 is 3.32. The van der Waals surface area contributed by atoms with Crippen LogP contribution in [0.15, 0.2) is 72.8 Å². The van der Waals surface area contributed by atoms with Gasteiger partial charge in [-0.05, 0) is 18.2 Å². The Kier molecular flexibility index (Phi) is 5.03. The van der Waals surface area contributed by atoms with Gasteiger partial charge in [0.25, 0.3) is 5.91 Å². The second-order valence-corrected chi connectivity index (χ2v) is 6.91. The average Bonchev–Trinajstić information content (AvgIpc) is 3.17. The number of rotatable bonds is 5. The number of fused-ring (bicyclic) bond motifs is 1. The van der Waals surface area contributed by atoms with E-state index >= 15 is 0 Å². The molecule has 0 bridgehead atoms. The molecule has 0 aliphatic heterocycles. The molecule has 0 saturated carbocycles. The van der Waals surface area contributed by atoms with Crippen molar-refractivity contribution in [1.29, 1.82) is 0 Å². The number of carbonyl (C=O) groups excluding carboxylic acids is 1. The molecule has 4 aromatic rings. The van der Waals surface area contributed by atoms with E-state index in [4.69, 9.17) is 8.94 Å². The third kappa shape index (κ3) is 3.86. The van der Waals surface area contributed by atoms with Gasteiger partial charge in [-0.25, -0.2) is 0 Å². The molecule has 1 N–H and O–H groups in total. The van der Waals surface area contributed by atoms with Crippen LogP contribution in [-0.2, 0) is 6.42 Å². The second-order valence-electron chi connectivity index (χ2n) is 6.00. The standard InChI is InChI=1S/C20H14BrN3O4/c21-13-6-7-14-15(25)11-17(27-16(14)10-13)20(26)22-9-8-18-23-19(24-28-18)12-4-2-1-3-5-12/h1-7,10-11H,8-9H2,(H,22,26). The molecule has 1 amide bonds. The zero-order valence-electron chi connectivity index (χ0n) is 14.5. The van der Waals surface area contributed by atoms with Gasteiger partial charge in [0.2, 0.25) is 11.7 Å². The Morgan fingerprint density at radius 1 is 1.11 bits per heavy atom. The smallest absolute Gasteiger partial charge is 0.287 e. The quantitative estimate of drug-likeness (QED) is 0.510. The zero-order chi connectivity index (χ0) is 19.5. The van der Waals surface area contributed by atoms with Crippen molar-refractivity contribution in [3.05, 3.63) is 80.9 Å². The summed E-state index contributed by atoms with van der Waals surface area (Å²) in [5.41, 5.74) is 0.922. The van der Waals surface area contributed by atoms with Gasteiger partial charge in [-0.15, -0.1) is 0 Å². The Bertz CT molecular complexity index is 1200. The number of amides is 1. The van der Waals surface area contributed by atoms with Crippen molar-refractivity contribution in [2.45, 2.75) is 6.42 Å². The van der Waals surface area contributed by atoms with Crippen molar-refractivity contribution in [3.8, 4) is 11.4 Å². The fourth-order valence-corrected chi connectivity index (χ4v) is 3.01. The SMILES string of the molecule is O=C(NCCc1nc(-c2ccccc2)no1)c1cc(=O)c2ccc(Br)cc2o1. The van der Waals surface area contributed by atoms with E-state index in [-0.39, 0.29) is 17.7 Å². The molecule has 0 unspecified atom stereocenters. The molecular weight excluding hydrogens is 426 g/mol. The minimum absolute atomic E-state index is 0.0499. The Morgan fingerprint density at radius 2 is 1.93 bits per heavy atom. The minimum atomic E-state index is -0.484. The molecule has 0 spiro atoms. The molecule has 2 aromatic carbocycles. The molecule has 0 atom stereocenters. The van der Waals surface area contributed by atoms with Crippen molar-refractivity contribution in [2.75, 3.05) is 6.54 Å². The molecule has 0 radical (unpaired) electrons. The Labute approximate surface area is 167 Å². The van der Waals surface area contributed by atoms with Crippen LogP contribution in [0.4, 0.5) is 0 Å². The van der Waals surface area contributed by atoms with E-state index in [0.29, 0.717) is 29.1 Å². The summed E-state index contributed by atoms with van der Waals surface area (Å²) in [5, 5.41) is 7.04. The third-order valence-electron chi connectivity index (χ3n) is 4.04. The number of carbonyl (C=O) groups is 1. The number of nitrogens with zero attached hydrogens (tertiary/aromatic N) is 2. The Balaban J connectivity index is 1.42. The van der Waals surface area contributed by atoms with E-state index in [0.717, 1.165) is 10.0 Å². The van der Waals surface area contributed by atoms with Crippen LogP contribution in [-0.4, -0.2) is 22.6 Å². The number of hydrogen-bond acceptors (Lipinski definition) is 6. The van der Waals surface area contributed by atoms with Gasteiger partial charge in [0.15, 0.2) is 11.2 Å². The van der Waals surface area contributed by atoms with Gasteiger partial charge in [0.05, 0.1) is 5.39 Å². The largest absolute Gasteiger partial charge is 0.451 e. The van der Waals surface area contributed by atoms with Crippen molar-refractivity contribution < 1.29 is 13.7 Å². The fourth-order valence-electron chi connectivity index (χ4n) is 2.67. The average molecular weight is 440 g/mol. The molecule has 7 nitrogen and oxygen atoms in total. The summed E-state index contributed by atoms with van der Waals surface area (Å²) in [7, 11) is 0. The molecule has 4 rings (SSSR count). The van der Waals surface area contributed by atoms with Gasteiger partial charge >= 0.3 is 0 Å². The number of nitrogens with one attached hydrogen (secondary N) is 1. The van der Waals surface area contributed by atoms with E-state index < -0.39 is 5.91 Å². The topological polar surface area (TPSA) is 98.2 Å². The number of benzene rings is 2. The minimum Gasteiger partial charge on any atom is -0.451 e. The summed E-state index contributed by atoms with van der Waals surface area (Å²) in [4.78, 5) is 28.8. The molecular formula is C20H14BrN3O4. The monoisotopic (exact) mass is 439 g/mol. The highest BCUT2D eigenvalue weighted by molar-refractivity contribution is 9.10. The van der Waals surface area contributed by atoms with Crippen molar-refractivity contribution in [1.82, 2.24) is 15.5 Å². The lowest BCUT2D eigenvalue weighted by Crippen LogP contribution is -2.26. The zero-order valence-corrected chi connectivity index (χ0v) is 16.1. The Morgan fingerprint density at radius 3 is 2.75 bits per heavy atom. The highest BCUT2D eigenvalue weighted by atomic mass is 79.9. The first-order valence-electron chi connectivity index (χ1n) is 8.50. The number of aromatic nitrogens is 2. The van der Waals surface area contributed by atoms with Crippen LogP contribution in [0.25, 0.3) is 22.4 Å². The first-order valence-corrected chi connectivity index (χ1v) is 9.29. The van der Waals surface area contributed by atoms with Crippen LogP contribution in [0, 0.1) is 0 Å². The highest BCUT2D eigenvalue weighted by Gasteiger charge is 2.13. The van der Waals surface area contributed by atoms with Gasteiger partial charge < -0.3 is 14.3 Å². The van der Waals surface area contributed by atoms with Crippen LogP contribution >= 0.6 is 15.9 Å². The lowest BCUT2D eigenvalue weighted by Gasteiger charge is -2.04. The lowest BCUT2D eigenvalue weighted by atomic mass is 10.2. The maximum absolute atomic E-state index is 12.3. The first kappa shape index (κ1) is 18.1. The predicted molar refractivity (Wildman–Crippen MR) is 106 cm³/mol. The van der Waals surface area contributed by atoms with E-state index in [1.807, 2.05) is 30.3 Å². The van der Waals surface area contributed by atoms with Gasteiger partial charge in [0, 0.05) is 29.1 Å². The lowest BCUT2D eigenvalue weighted by molar-refractivity contribution is 0.0926. The van der Waals surface area contributed by atoms with Gasteiger partial charge in [-0.3, -0.25) is 9.59 Å². The first-order chi connectivity index (χ1) is 13.6. The second kappa shape index (κ2) is 7.77. The molecule has 8 heteroatoms. The number of hydrogen-bond donors (Lipinski definition) is 1. The summed E-state index contributed by atoms with van der Waals surface area (Å²) < 4.78 is 11.5. The summed E-state index contributed by atoms with van der Waals surface area (Å²) in [5.74, 6) is 0.365.